The van der Waals surface area contributed by atoms with Crippen molar-refractivity contribution in [1.29, 1.82) is 0 Å². The maximum absolute atomic E-state index is 10.1. The average molecular weight is 239 g/mol. The zero-order chi connectivity index (χ0) is 9.52. The molecule has 0 bridgehead atoms. The van der Waals surface area contributed by atoms with Gasteiger partial charge in [-0.1, -0.05) is 52.3 Å². The highest BCUT2D eigenvalue weighted by molar-refractivity contribution is 9.08. The maximum atomic E-state index is 10.1. The van der Waals surface area contributed by atoms with Crippen molar-refractivity contribution in [2.75, 3.05) is 0 Å². The lowest BCUT2D eigenvalue weighted by Gasteiger charge is -2.00. The summed E-state index contributed by atoms with van der Waals surface area (Å²) in [4.78, 5) is 10.1. The van der Waals surface area contributed by atoms with E-state index in [0.717, 1.165) is 11.6 Å². The van der Waals surface area contributed by atoms with E-state index < -0.39 is 0 Å². The Morgan fingerprint density at radius 1 is 1.31 bits per heavy atom. The summed E-state index contributed by atoms with van der Waals surface area (Å²) in [6.45, 7) is 0. The van der Waals surface area contributed by atoms with Gasteiger partial charge in [-0.05, 0) is 11.1 Å². The second kappa shape index (κ2) is 5.70. The Labute approximate surface area is 86.6 Å². The van der Waals surface area contributed by atoms with Gasteiger partial charge in [-0.3, -0.25) is 0 Å². The molecule has 1 nitrogen and oxygen atoms in total. The van der Waals surface area contributed by atoms with E-state index in [-0.39, 0.29) is 0 Å². The number of carbonyl (C=O) groups excluding carboxylic acids is 1. The van der Waals surface area contributed by atoms with E-state index in [2.05, 4.69) is 22.0 Å². The van der Waals surface area contributed by atoms with Gasteiger partial charge in [-0.25, -0.2) is 0 Å². The Bertz CT molecular complexity index is 305. The SMILES string of the molecule is O=CCC=Cc1ccccc1CBr. The standard InChI is InChI=1S/C11H11BrO/c12-9-11-7-2-1-5-10(11)6-3-4-8-13/h1-3,5-8H,4,9H2. The van der Waals surface area contributed by atoms with Gasteiger partial charge < -0.3 is 4.79 Å². The lowest BCUT2D eigenvalue weighted by atomic mass is 10.1. The van der Waals surface area contributed by atoms with Gasteiger partial charge in [0.25, 0.3) is 0 Å². The zero-order valence-electron chi connectivity index (χ0n) is 7.24. The van der Waals surface area contributed by atoms with Crippen LogP contribution < -0.4 is 0 Å². The molecule has 1 aromatic rings. The molecule has 0 saturated heterocycles. The van der Waals surface area contributed by atoms with Gasteiger partial charge in [0.2, 0.25) is 0 Å². The molecule has 1 rings (SSSR count). The van der Waals surface area contributed by atoms with Crippen LogP contribution in [0, 0.1) is 0 Å². The molecule has 2 heteroatoms. The fourth-order valence-electron chi connectivity index (χ4n) is 1.07. The molecule has 0 unspecified atom stereocenters. The first-order valence-corrected chi connectivity index (χ1v) is 5.24. The Hall–Kier alpha value is -0.890. The van der Waals surface area contributed by atoms with Crippen molar-refractivity contribution in [2.45, 2.75) is 11.8 Å². The van der Waals surface area contributed by atoms with Crippen molar-refractivity contribution >= 4 is 28.3 Å². The van der Waals surface area contributed by atoms with E-state index >= 15 is 0 Å². The number of carbonyl (C=O) groups is 1. The summed E-state index contributed by atoms with van der Waals surface area (Å²) in [6.07, 6.45) is 5.23. The van der Waals surface area contributed by atoms with Gasteiger partial charge in [-0.2, -0.15) is 0 Å². The van der Waals surface area contributed by atoms with Crippen LogP contribution in [-0.4, -0.2) is 6.29 Å². The second-order valence-electron chi connectivity index (χ2n) is 2.64. The number of alkyl halides is 1. The third kappa shape index (κ3) is 3.15. The molecule has 0 amide bonds. The van der Waals surface area contributed by atoms with Crippen molar-refractivity contribution in [3.8, 4) is 0 Å². The molecule has 0 aliphatic heterocycles. The van der Waals surface area contributed by atoms with Crippen LogP contribution in [0.15, 0.2) is 30.3 Å². The summed E-state index contributed by atoms with van der Waals surface area (Å²) in [7, 11) is 0. The van der Waals surface area contributed by atoms with Crippen molar-refractivity contribution in [2.24, 2.45) is 0 Å². The van der Waals surface area contributed by atoms with Gasteiger partial charge >= 0.3 is 0 Å². The van der Waals surface area contributed by atoms with E-state index in [0.29, 0.717) is 6.42 Å². The number of aldehydes is 1. The molecule has 0 aromatic heterocycles. The number of hydrogen-bond donors (Lipinski definition) is 0. The van der Waals surface area contributed by atoms with Crippen molar-refractivity contribution in [3.05, 3.63) is 41.5 Å². The van der Waals surface area contributed by atoms with Crippen LogP contribution in [0.3, 0.4) is 0 Å². The van der Waals surface area contributed by atoms with Crippen LogP contribution >= 0.6 is 15.9 Å². The molecule has 0 spiro atoms. The van der Waals surface area contributed by atoms with E-state index in [4.69, 9.17) is 0 Å². The highest BCUT2D eigenvalue weighted by Gasteiger charge is 1.94. The monoisotopic (exact) mass is 238 g/mol. The number of allylic oxidation sites excluding steroid dienone is 1. The predicted molar refractivity (Wildman–Crippen MR) is 58.8 cm³/mol. The third-order valence-corrected chi connectivity index (χ3v) is 2.33. The summed E-state index contributed by atoms with van der Waals surface area (Å²) < 4.78 is 0. The zero-order valence-corrected chi connectivity index (χ0v) is 8.83. The molecular weight excluding hydrogens is 228 g/mol. The molecule has 0 radical (unpaired) electrons. The minimum Gasteiger partial charge on any atom is -0.303 e. The maximum Gasteiger partial charge on any atom is 0.123 e. The number of rotatable bonds is 4. The summed E-state index contributed by atoms with van der Waals surface area (Å²) >= 11 is 3.41. The molecule has 0 saturated carbocycles. The number of hydrogen-bond acceptors (Lipinski definition) is 1. The molecule has 0 heterocycles. The van der Waals surface area contributed by atoms with Crippen molar-refractivity contribution in [1.82, 2.24) is 0 Å². The highest BCUT2D eigenvalue weighted by Crippen LogP contribution is 2.13. The molecule has 0 aliphatic carbocycles. The first kappa shape index (κ1) is 10.2. The van der Waals surface area contributed by atoms with Gasteiger partial charge in [0, 0.05) is 11.8 Å². The third-order valence-electron chi connectivity index (χ3n) is 1.73. The number of halogens is 1. The van der Waals surface area contributed by atoms with Crippen molar-refractivity contribution in [3.63, 3.8) is 0 Å². The molecule has 1 aromatic carbocycles. The van der Waals surface area contributed by atoms with E-state index in [1.54, 1.807) is 0 Å². The first-order chi connectivity index (χ1) is 6.38. The van der Waals surface area contributed by atoms with E-state index in [9.17, 15) is 4.79 Å². The van der Waals surface area contributed by atoms with Gasteiger partial charge in [-0.15, -0.1) is 0 Å². The molecule has 0 aliphatic rings. The summed E-state index contributed by atoms with van der Waals surface area (Å²) in [5.41, 5.74) is 2.41. The molecule has 0 fully saturated rings. The summed E-state index contributed by atoms with van der Waals surface area (Å²) in [5, 5.41) is 0.842. The van der Waals surface area contributed by atoms with Gasteiger partial charge in [0.15, 0.2) is 0 Å². The van der Waals surface area contributed by atoms with Gasteiger partial charge in [0.1, 0.15) is 6.29 Å². The molecule has 68 valence electrons. The number of benzene rings is 1. The Morgan fingerprint density at radius 2 is 2.08 bits per heavy atom. The topological polar surface area (TPSA) is 17.1 Å². The summed E-state index contributed by atoms with van der Waals surface area (Å²) in [6, 6.07) is 8.10. The largest absolute Gasteiger partial charge is 0.303 e. The summed E-state index contributed by atoms with van der Waals surface area (Å²) in [5.74, 6) is 0. The van der Waals surface area contributed by atoms with Crippen LogP contribution in [0.1, 0.15) is 17.5 Å². The Morgan fingerprint density at radius 3 is 2.77 bits per heavy atom. The van der Waals surface area contributed by atoms with Crippen molar-refractivity contribution < 1.29 is 4.79 Å². The Balaban J connectivity index is 2.80. The van der Waals surface area contributed by atoms with E-state index in [1.165, 1.54) is 11.1 Å². The second-order valence-corrected chi connectivity index (χ2v) is 3.20. The molecular formula is C11H11BrO. The Kier molecular flexibility index (Phi) is 4.47. The van der Waals surface area contributed by atoms with Crippen LogP contribution in [0.25, 0.3) is 6.08 Å². The fourth-order valence-corrected chi connectivity index (χ4v) is 1.58. The van der Waals surface area contributed by atoms with Gasteiger partial charge in [0.05, 0.1) is 0 Å². The minimum atomic E-state index is 0.483. The van der Waals surface area contributed by atoms with Crippen LogP contribution in [-0.2, 0) is 10.1 Å². The lowest BCUT2D eigenvalue weighted by molar-refractivity contribution is -0.107. The van der Waals surface area contributed by atoms with Crippen LogP contribution in [0.4, 0.5) is 0 Å². The first-order valence-electron chi connectivity index (χ1n) is 4.12. The molecule has 13 heavy (non-hydrogen) atoms. The quantitative estimate of drug-likeness (QED) is 0.582. The molecule has 0 N–H and O–H groups in total. The fraction of sp³-hybridized carbons (Fsp3) is 0.182. The minimum absolute atomic E-state index is 0.483. The van der Waals surface area contributed by atoms with Crippen LogP contribution in [0.5, 0.6) is 0 Å². The van der Waals surface area contributed by atoms with E-state index in [1.807, 2.05) is 30.4 Å². The smallest absolute Gasteiger partial charge is 0.123 e. The molecule has 0 atom stereocenters. The average Bonchev–Trinajstić information content (AvgIpc) is 2.19. The normalized spacial score (nSPS) is 10.5. The van der Waals surface area contributed by atoms with Crippen LogP contribution in [0.2, 0.25) is 0 Å². The lowest BCUT2D eigenvalue weighted by Crippen LogP contribution is -1.82. The highest BCUT2D eigenvalue weighted by atomic mass is 79.9. The predicted octanol–water partition coefficient (Wildman–Crippen LogP) is 3.18.